The van der Waals surface area contributed by atoms with Gasteiger partial charge in [0.15, 0.2) is 12.7 Å². The highest BCUT2D eigenvalue weighted by molar-refractivity contribution is 6.30. The molecule has 0 fully saturated rings. The Labute approximate surface area is 157 Å². The minimum atomic E-state index is -0.967. The highest BCUT2D eigenvalue weighted by atomic mass is 35.5. The number of amides is 1. The Kier molecular flexibility index (Phi) is 7.29. The summed E-state index contributed by atoms with van der Waals surface area (Å²) in [5.74, 6) is 0.115. The van der Waals surface area contributed by atoms with E-state index in [-0.39, 0.29) is 6.61 Å². The number of nitrogens with one attached hydrogen (secondary N) is 1. The molecule has 6 nitrogen and oxygen atoms in total. The monoisotopic (exact) mass is 377 g/mol. The Hall–Kier alpha value is -2.73. The fourth-order valence-corrected chi connectivity index (χ4v) is 2.23. The zero-order valence-corrected chi connectivity index (χ0v) is 15.3. The first-order valence-electron chi connectivity index (χ1n) is 8.09. The average molecular weight is 378 g/mol. The molecule has 0 saturated heterocycles. The second-order valence-electron chi connectivity index (χ2n) is 5.32. The quantitative estimate of drug-likeness (QED) is 0.710. The number of carbonyl (C=O) groups is 2. The van der Waals surface area contributed by atoms with E-state index in [0.717, 1.165) is 0 Å². The minimum absolute atomic E-state index is 0.303. The fraction of sp³-hybridized carbons (Fsp3) is 0.263. The maximum Gasteiger partial charge on any atom is 0.344 e. The molecule has 0 saturated carbocycles. The molecule has 2 rings (SSSR count). The van der Waals surface area contributed by atoms with Crippen LogP contribution in [0.5, 0.6) is 11.5 Å². The molecule has 0 aliphatic rings. The van der Waals surface area contributed by atoms with Gasteiger partial charge in [0.1, 0.15) is 11.5 Å². The van der Waals surface area contributed by atoms with Gasteiger partial charge in [0.05, 0.1) is 6.61 Å². The molecule has 0 spiro atoms. The van der Waals surface area contributed by atoms with Crippen LogP contribution in [0.25, 0.3) is 0 Å². The first-order valence-corrected chi connectivity index (χ1v) is 8.47. The lowest BCUT2D eigenvalue weighted by Crippen LogP contribution is -2.31. The Morgan fingerprint density at radius 3 is 2.35 bits per heavy atom. The fourth-order valence-electron chi connectivity index (χ4n) is 2.04. The number of halogens is 1. The molecule has 2 aromatic carbocycles. The van der Waals surface area contributed by atoms with E-state index in [0.29, 0.717) is 28.8 Å². The van der Waals surface area contributed by atoms with Crippen LogP contribution in [0.4, 0.5) is 5.69 Å². The van der Waals surface area contributed by atoms with E-state index in [1.54, 1.807) is 48.5 Å². The van der Waals surface area contributed by atoms with E-state index in [1.807, 2.05) is 6.92 Å². The molecule has 26 heavy (non-hydrogen) atoms. The maximum absolute atomic E-state index is 12.0. The van der Waals surface area contributed by atoms with Crippen LogP contribution >= 0.6 is 11.6 Å². The molecule has 0 radical (unpaired) electrons. The lowest BCUT2D eigenvalue weighted by Gasteiger charge is -2.14. The van der Waals surface area contributed by atoms with Crippen LogP contribution < -0.4 is 14.8 Å². The number of benzene rings is 2. The van der Waals surface area contributed by atoms with Crippen molar-refractivity contribution in [1.82, 2.24) is 0 Å². The Balaban J connectivity index is 1.78. The van der Waals surface area contributed by atoms with Crippen molar-refractivity contribution in [1.29, 1.82) is 0 Å². The van der Waals surface area contributed by atoms with Gasteiger partial charge in [-0.1, -0.05) is 17.7 Å². The molecule has 0 heterocycles. The third kappa shape index (κ3) is 6.29. The molecule has 0 aliphatic heterocycles. The van der Waals surface area contributed by atoms with E-state index in [4.69, 9.17) is 25.8 Å². The predicted molar refractivity (Wildman–Crippen MR) is 98.7 cm³/mol. The summed E-state index contributed by atoms with van der Waals surface area (Å²) in [6.45, 7) is 3.64. The Bertz CT molecular complexity index is 748. The third-order valence-corrected chi connectivity index (χ3v) is 3.50. The van der Waals surface area contributed by atoms with Gasteiger partial charge in [-0.05, 0) is 56.3 Å². The van der Waals surface area contributed by atoms with Crippen LogP contribution in [0.15, 0.2) is 48.5 Å². The van der Waals surface area contributed by atoms with Gasteiger partial charge >= 0.3 is 5.97 Å². The lowest BCUT2D eigenvalue weighted by molar-refractivity contribution is -0.155. The Morgan fingerprint density at radius 1 is 1.08 bits per heavy atom. The van der Waals surface area contributed by atoms with Gasteiger partial charge in [-0.15, -0.1) is 0 Å². The number of rotatable bonds is 8. The summed E-state index contributed by atoms with van der Waals surface area (Å²) >= 11 is 5.86. The van der Waals surface area contributed by atoms with Gasteiger partial charge in [-0.3, -0.25) is 4.79 Å². The number of anilines is 1. The molecule has 7 heteroatoms. The zero-order valence-electron chi connectivity index (χ0n) is 14.5. The van der Waals surface area contributed by atoms with Crippen LogP contribution in [-0.2, 0) is 14.3 Å². The van der Waals surface area contributed by atoms with Crippen molar-refractivity contribution in [2.24, 2.45) is 0 Å². The molecule has 0 aromatic heterocycles. The molecule has 1 N–H and O–H groups in total. The van der Waals surface area contributed by atoms with Gasteiger partial charge in [-0.25, -0.2) is 4.79 Å². The first-order chi connectivity index (χ1) is 12.5. The minimum Gasteiger partial charge on any atom is -0.494 e. The van der Waals surface area contributed by atoms with Gasteiger partial charge in [-0.2, -0.15) is 0 Å². The summed E-state index contributed by atoms with van der Waals surface area (Å²) in [6, 6.07) is 13.5. The van der Waals surface area contributed by atoms with Gasteiger partial charge in [0.2, 0.25) is 0 Å². The average Bonchev–Trinajstić information content (AvgIpc) is 2.61. The van der Waals surface area contributed by atoms with Crippen molar-refractivity contribution in [2.75, 3.05) is 18.5 Å². The second-order valence-corrected chi connectivity index (χ2v) is 5.76. The molecular formula is C19H20ClNO5. The van der Waals surface area contributed by atoms with Crippen LogP contribution in [-0.4, -0.2) is 31.2 Å². The van der Waals surface area contributed by atoms with Gasteiger partial charge < -0.3 is 19.5 Å². The molecule has 138 valence electrons. The second kappa shape index (κ2) is 9.68. The van der Waals surface area contributed by atoms with E-state index < -0.39 is 18.0 Å². The summed E-state index contributed by atoms with van der Waals surface area (Å²) in [7, 11) is 0. The van der Waals surface area contributed by atoms with E-state index in [1.165, 1.54) is 6.92 Å². The van der Waals surface area contributed by atoms with Crippen molar-refractivity contribution in [2.45, 2.75) is 20.0 Å². The number of hydrogen-bond acceptors (Lipinski definition) is 5. The van der Waals surface area contributed by atoms with Crippen molar-refractivity contribution in [3.8, 4) is 11.5 Å². The molecule has 1 amide bonds. The Morgan fingerprint density at radius 2 is 1.73 bits per heavy atom. The third-order valence-electron chi connectivity index (χ3n) is 3.26. The van der Waals surface area contributed by atoms with Crippen molar-refractivity contribution < 1.29 is 23.8 Å². The van der Waals surface area contributed by atoms with Crippen LogP contribution in [0.1, 0.15) is 13.8 Å². The number of hydrogen-bond donors (Lipinski definition) is 1. The van der Waals surface area contributed by atoms with Crippen molar-refractivity contribution >= 4 is 29.2 Å². The zero-order chi connectivity index (χ0) is 18.9. The van der Waals surface area contributed by atoms with E-state index in [9.17, 15) is 9.59 Å². The first kappa shape index (κ1) is 19.6. The van der Waals surface area contributed by atoms with Gasteiger partial charge in [0.25, 0.3) is 5.91 Å². The summed E-state index contributed by atoms with van der Waals surface area (Å²) in [6.07, 6.45) is -0.967. The van der Waals surface area contributed by atoms with Crippen molar-refractivity contribution in [3.63, 3.8) is 0 Å². The predicted octanol–water partition coefficient (Wildman–Crippen LogP) is 3.69. The number of carbonyl (C=O) groups excluding carboxylic acids is 2. The summed E-state index contributed by atoms with van der Waals surface area (Å²) < 4.78 is 15.7. The van der Waals surface area contributed by atoms with E-state index >= 15 is 0 Å². The molecule has 0 unspecified atom stereocenters. The van der Waals surface area contributed by atoms with Crippen LogP contribution in [0.2, 0.25) is 5.02 Å². The largest absolute Gasteiger partial charge is 0.494 e. The molecular weight excluding hydrogens is 358 g/mol. The standard InChI is InChI=1S/C19H20ClNO5/c1-3-24-16-7-9-17(10-8-16)25-12-18(22)26-13(2)19(23)21-15-6-4-5-14(20)11-15/h4-11,13H,3,12H2,1-2H3,(H,21,23)/t13-/m0/s1. The molecule has 0 bridgehead atoms. The van der Waals surface area contributed by atoms with Crippen LogP contribution in [0, 0.1) is 0 Å². The smallest absolute Gasteiger partial charge is 0.344 e. The highest BCUT2D eigenvalue weighted by Crippen LogP contribution is 2.18. The topological polar surface area (TPSA) is 73.9 Å². The van der Waals surface area contributed by atoms with Crippen LogP contribution in [0.3, 0.4) is 0 Å². The molecule has 0 aliphatic carbocycles. The number of ether oxygens (including phenoxy) is 3. The molecule has 1 atom stereocenters. The number of esters is 1. The van der Waals surface area contributed by atoms with Crippen molar-refractivity contribution in [3.05, 3.63) is 53.6 Å². The summed E-state index contributed by atoms with van der Waals surface area (Å²) in [5, 5.41) is 3.12. The van der Waals surface area contributed by atoms with Gasteiger partial charge in [0, 0.05) is 10.7 Å². The summed E-state index contributed by atoms with van der Waals surface area (Å²) in [5.41, 5.74) is 0.524. The highest BCUT2D eigenvalue weighted by Gasteiger charge is 2.18. The maximum atomic E-state index is 12.0. The molecule has 2 aromatic rings. The SMILES string of the molecule is CCOc1ccc(OCC(=O)O[C@@H](C)C(=O)Nc2cccc(Cl)c2)cc1. The lowest BCUT2D eigenvalue weighted by atomic mass is 10.3. The summed E-state index contributed by atoms with van der Waals surface area (Å²) in [4.78, 5) is 23.9. The normalized spacial score (nSPS) is 11.3. The van der Waals surface area contributed by atoms with E-state index in [2.05, 4.69) is 5.32 Å².